The van der Waals surface area contributed by atoms with Crippen LogP contribution in [-0.4, -0.2) is 35.4 Å². The van der Waals surface area contributed by atoms with E-state index in [1.807, 2.05) is 30.0 Å². The number of hydrogen-bond donors (Lipinski definition) is 1. The second-order valence-electron chi connectivity index (χ2n) is 7.59. The van der Waals surface area contributed by atoms with Gasteiger partial charge in [-0.3, -0.25) is 4.79 Å². The van der Waals surface area contributed by atoms with Gasteiger partial charge in [-0.1, -0.05) is 12.1 Å². The molecule has 2 aromatic carbocycles. The molecule has 0 radical (unpaired) electrons. The van der Waals surface area contributed by atoms with Crippen LogP contribution < -0.4 is 5.32 Å². The van der Waals surface area contributed by atoms with Crippen molar-refractivity contribution in [3.05, 3.63) is 64.7 Å². The third-order valence-electron chi connectivity index (χ3n) is 5.53. The largest absolute Gasteiger partial charge is 0.337 e. The molecular formula is C22H24F2N3OS+. The van der Waals surface area contributed by atoms with E-state index in [0.29, 0.717) is 12.1 Å². The van der Waals surface area contributed by atoms with E-state index < -0.39 is 11.6 Å². The van der Waals surface area contributed by atoms with E-state index in [2.05, 4.69) is 6.07 Å². The summed E-state index contributed by atoms with van der Waals surface area (Å²) in [5, 5.41) is 2.90. The van der Waals surface area contributed by atoms with E-state index in [0.717, 1.165) is 36.0 Å². The predicted molar refractivity (Wildman–Crippen MR) is 110 cm³/mol. The van der Waals surface area contributed by atoms with Gasteiger partial charge in [0.25, 0.3) is 5.91 Å². The second-order valence-corrected chi connectivity index (χ2v) is 8.66. The average Bonchev–Trinajstić information content (AvgIpc) is 3.16. The first-order chi connectivity index (χ1) is 14.0. The summed E-state index contributed by atoms with van der Waals surface area (Å²) in [5.41, 5.74) is 1.42. The molecule has 2 N–H and O–H groups in total. The van der Waals surface area contributed by atoms with Gasteiger partial charge < -0.3 is 10.2 Å². The number of piperidine rings is 1. The molecule has 7 heteroatoms. The van der Waals surface area contributed by atoms with Crippen molar-refractivity contribution in [3.8, 4) is 0 Å². The Bertz CT molecular complexity index is 989. The third kappa shape index (κ3) is 4.46. The van der Waals surface area contributed by atoms with Crippen LogP contribution in [0, 0.1) is 11.6 Å². The van der Waals surface area contributed by atoms with E-state index in [9.17, 15) is 13.6 Å². The molecule has 29 heavy (non-hydrogen) atoms. The number of aromatic nitrogens is 1. The Morgan fingerprint density at radius 3 is 2.93 bits per heavy atom. The lowest BCUT2D eigenvalue weighted by molar-refractivity contribution is -0.683. The van der Waals surface area contributed by atoms with Gasteiger partial charge in [-0.05, 0) is 44.0 Å². The van der Waals surface area contributed by atoms with E-state index in [-0.39, 0.29) is 24.4 Å². The molecule has 152 valence electrons. The van der Waals surface area contributed by atoms with E-state index >= 15 is 0 Å². The fraction of sp³-hybridized carbons (Fsp3) is 0.364. The number of para-hydroxylation sites is 1. The van der Waals surface area contributed by atoms with Gasteiger partial charge in [-0.15, -0.1) is 11.3 Å². The van der Waals surface area contributed by atoms with Gasteiger partial charge in [0.2, 0.25) is 0 Å². The minimum atomic E-state index is -0.594. The molecule has 3 aromatic rings. The Morgan fingerprint density at radius 2 is 2.14 bits per heavy atom. The van der Waals surface area contributed by atoms with Crippen LogP contribution in [0.25, 0.3) is 10.2 Å². The van der Waals surface area contributed by atoms with Crippen LogP contribution in [0.5, 0.6) is 0 Å². The van der Waals surface area contributed by atoms with Crippen LogP contribution in [-0.2, 0) is 4.79 Å². The normalized spacial score (nSPS) is 18.2. The molecule has 1 fully saturated rings. The van der Waals surface area contributed by atoms with Gasteiger partial charge in [0.05, 0.1) is 15.2 Å². The number of halogens is 2. The number of amides is 1. The van der Waals surface area contributed by atoms with Gasteiger partial charge in [-0.2, -0.15) is 0 Å². The molecule has 1 amide bonds. The van der Waals surface area contributed by atoms with Crippen molar-refractivity contribution < 1.29 is 18.9 Å². The van der Waals surface area contributed by atoms with Crippen molar-refractivity contribution in [2.75, 3.05) is 19.6 Å². The Balaban J connectivity index is 1.37. The molecule has 2 atom stereocenters. The number of rotatable bonds is 5. The number of thiazole rings is 1. The van der Waals surface area contributed by atoms with Crippen molar-refractivity contribution in [3.63, 3.8) is 0 Å². The summed E-state index contributed by atoms with van der Waals surface area (Å²) in [6, 6.07) is 11.4. The molecule has 0 unspecified atom stereocenters. The van der Waals surface area contributed by atoms with E-state index in [4.69, 9.17) is 4.98 Å². The second kappa shape index (κ2) is 8.55. The van der Waals surface area contributed by atoms with Crippen molar-refractivity contribution in [2.24, 2.45) is 0 Å². The Morgan fingerprint density at radius 1 is 1.31 bits per heavy atom. The Labute approximate surface area is 172 Å². The molecule has 2 heterocycles. The summed E-state index contributed by atoms with van der Waals surface area (Å²) in [6.45, 7) is 3.48. The molecule has 0 aliphatic carbocycles. The van der Waals surface area contributed by atoms with Crippen LogP contribution in [0.1, 0.15) is 42.3 Å². The zero-order chi connectivity index (χ0) is 20.4. The fourth-order valence-corrected chi connectivity index (χ4v) is 4.97. The molecule has 4 rings (SSSR count). The number of likely N-dealkylation sites (tertiary alicyclic amines) is 1. The molecule has 1 aromatic heterocycles. The van der Waals surface area contributed by atoms with Gasteiger partial charge in [0.1, 0.15) is 17.7 Å². The fourth-order valence-electron chi connectivity index (χ4n) is 3.87. The third-order valence-corrected chi connectivity index (χ3v) is 6.73. The van der Waals surface area contributed by atoms with Crippen LogP contribution in [0.4, 0.5) is 8.78 Å². The standard InChI is InChI=1S/C22H23F2N3OS/c1-14(17-9-8-16(23)11-18(17)24)25-12-21(28)27-10-4-5-15(13-27)22-26-19-6-2-3-7-20(19)29-22/h2-3,6-9,11,14-15,25H,4-5,10,12-13H2,1H3/p+1/t14-,15+/m0/s1. The van der Waals surface area contributed by atoms with Crippen LogP contribution in [0.3, 0.4) is 0 Å². The smallest absolute Gasteiger partial charge is 0.277 e. The summed E-state index contributed by atoms with van der Waals surface area (Å²) in [4.78, 5) is 19.4. The first kappa shape index (κ1) is 19.9. The average molecular weight is 417 g/mol. The monoisotopic (exact) mass is 416 g/mol. The molecule has 4 nitrogen and oxygen atoms in total. The Hall–Kier alpha value is -2.38. The number of carbonyl (C=O) groups is 1. The SMILES string of the molecule is C[C@H]([NH2+]CC(=O)N1CCC[C@@H](c2nc3ccccc3s2)C1)c1ccc(F)cc1F. The lowest BCUT2D eigenvalue weighted by Crippen LogP contribution is -2.87. The molecule has 1 saturated heterocycles. The summed E-state index contributed by atoms with van der Waals surface area (Å²) >= 11 is 1.71. The maximum Gasteiger partial charge on any atom is 0.277 e. The molecular weight excluding hydrogens is 392 g/mol. The molecule has 0 saturated carbocycles. The number of nitrogens with two attached hydrogens (primary N) is 1. The highest BCUT2D eigenvalue weighted by molar-refractivity contribution is 7.18. The number of hydrogen-bond acceptors (Lipinski definition) is 3. The number of quaternary nitrogens is 1. The van der Waals surface area contributed by atoms with Gasteiger partial charge in [-0.25, -0.2) is 13.8 Å². The first-order valence-corrected chi connectivity index (χ1v) is 10.7. The maximum atomic E-state index is 13.9. The zero-order valence-electron chi connectivity index (χ0n) is 16.3. The summed E-state index contributed by atoms with van der Waals surface area (Å²) < 4.78 is 28.2. The number of carbonyl (C=O) groups excluding carboxylic acids is 1. The number of fused-ring (bicyclic) bond motifs is 1. The molecule has 1 aliphatic heterocycles. The van der Waals surface area contributed by atoms with Crippen molar-refractivity contribution in [2.45, 2.75) is 31.7 Å². The van der Waals surface area contributed by atoms with Crippen molar-refractivity contribution >= 4 is 27.5 Å². The van der Waals surface area contributed by atoms with Crippen molar-refractivity contribution in [1.29, 1.82) is 0 Å². The summed E-state index contributed by atoms with van der Waals surface area (Å²) in [5.74, 6) is -0.860. The van der Waals surface area contributed by atoms with Gasteiger partial charge in [0.15, 0.2) is 6.54 Å². The Kier molecular flexibility index (Phi) is 5.87. The van der Waals surface area contributed by atoms with E-state index in [1.54, 1.807) is 16.7 Å². The molecule has 1 aliphatic rings. The van der Waals surface area contributed by atoms with Crippen molar-refractivity contribution in [1.82, 2.24) is 9.88 Å². The van der Waals surface area contributed by atoms with Crippen LogP contribution >= 0.6 is 11.3 Å². The number of benzene rings is 2. The topological polar surface area (TPSA) is 49.8 Å². The first-order valence-electron chi connectivity index (χ1n) is 9.93. The van der Waals surface area contributed by atoms with Gasteiger partial charge in [0, 0.05) is 30.6 Å². The highest BCUT2D eigenvalue weighted by atomic mass is 32.1. The zero-order valence-corrected chi connectivity index (χ0v) is 17.1. The van der Waals surface area contributed by atoms with Crippen LogP contribution in [0.2, 0.25) is 0 Å². The highest BCUT2D eigenvalue weighted by Gasteiger charge is 2.28. The molecule has 0 spiro atoms. The predicted octanol–water partition coefficient (Wildman–Crippen LogP) is 3.61. The van der Waals surface area contributed by atoms with Crippen LogP contribution in [0.15, 0.2) is 42.5 Å². The number of nitrogens with zero attached hydrogens (tertiary/aromatic N) is 2. The molecule has 0 bridgehead atoms. The summed E-state index contributed by atoms with van der Waals surface area (Å²) in [7, 11) is 0. The quantitative estimate of drug-likeness (QED) is 0.691. The minimum absolute atomic E-state index is 0.0465. The maximum absolute atomic E-state index is 13.9. The lowest BCUT2D eigenvalue weighted by Gasteiger charge is -2.31. The van der Waals surface area contributed by atoms with Gasteiger partial charge >= 0.3 is 0 Å². The summed E-state index contributed by atoms with van der Waals surface area (Å²) in [6.07, 6.45) is 1.99. The minimum Gasteiger partial charge on any atom is -0.337 e. The lowest BCUT2D eigenvalue weighted by atomic mass is 9.98. The highest BCUT2D eigenvalue weighted by Crippen LogP contribution is 2.32. The van der Waals surface area contributed by atoms with E-state index in [1.165, 1.54) is 16.8 Å².